The molecule has 0 saturated carbocycles. The highest BCUT2D eigenvalue weighted by Crippen LogP contribution is 2.38. The van der Waals surface area contributed by atoms with Gasteiger partial charge in [-0.15, -0.1) is 0 Å². The second-order valence-electron chi connectivity index (χ2n) is 3.62. The first kappa shape index (κ1) is 9.53. The number of benzene rings is 1. The van der Waals surface area contributed by atoms with E-state index in [0.29, 0.717) is 12.3 Å². The second kappa shape index (κ2) is 3.62. The largest absolute Gasteiger partial charge is 0.384 e. The minimum absolute atomic E-state index is 0.318. The van der Waals surface area contributed by atoms with E-state index in [1.165, 1.54) is 5.56 Å². The first-order valence-electron chi connectivity index (χ1n) is 4.70. The van der Waals surface area contributed by atoms with Crippen LogP contribution in [0.2, 0.25) is 5.02 Å². The van der Waals surface area contributed by atoms with Crippen LogP contribution in [0.3, 0.4) is 0 Å². The van der Waals surface area contributed by atoms with E-state index in [1.807, 2.05) is 19.1 Å². The van der Waals surface area contributed by atoms with Gasteiger partial charge in [0, 0.05) is 29.6 Å². The van der Waals surface area contributed by atoms with Crippen molar-refractivity contribution in [2.75, 3.05) is 11.9 Å². The lowest BCUT2D eigenvalue weighted by Gasteiger charge is -2.07. The van der Waals surface area contributed by atoms with Gasteiger partial charge in [0.05, 0.1) is 0 Å². The summed E-state index contributed by atoms with van der Waals surface area (Å²) in [6, 6.07) is 3.92. The van der Waals surface area contributed by atoms with E-state index in [1.54, 1.807) is 0 Å². The SMILES string of the molecule is Cc1c(Cl)ccc2c1NCC2CC=O. The average Bonchev–Trinajstić information content (AvgIpc) is 2.57. The van der Waals surface area contributed by atoms with E-state index in [2.05, 4.69) is 5.32 Å². The van der Waals surface area contributed by atoms with Gasteiger partial charge in [-0.25, -0.2) is 0 Å². The van der Waals surface area contributed by atoms with Crippen LogP contribution in [0.5, 0.6) is 0 Å². The number of carbonyl (C=O) groups is 1. The zero-order chi connectivity index (χ0) is 10.1. The molecule has 1 unspecified atom stereocenters. The van der Waals surface area contributed by atoms with Crippen molar-refractivity contribution in [3.63, 3.8) is 0 Å². The molecular formula is C11H12ClNO. The lowest BCUT2D eigenvalue weighted by molar-refractivity contribution is -0.108. The first-order chi connectivity index (χ1) is 6.74. The van der Waals surface area contributed by atoms with Crippen molar-refractivity contribution < 1.29 is 4.79 Å². The van der Waals surface area contributed by atoms with Gasteiger partial charge in [-0.3, -0.25) is 0 Å². The minimum atomic E-state index is 0.318. The van der Waals surface area contributed by atoms with Crippen molar-refractivity contribution in [1.29, 1.82) is 0 Å². The molecule has 0 fully saturated rings. The summed E-state index contributed by atoms with van der Waals surface area (Å²) in [5, 5.41) is 4.08. The molecule has 0 saturated heterocycles. The Morgan fingerprint density at radius 2 is 2.43 bits per heavy atom. The van der Waals surface area contributed by atoms with Crippen molar-refractivity contribution in [3.05, 3.63) is 28.3 Å². The Morgan fingerprint density at radius 3 is 3.14 bits per heavy atom. The number of rotatable bonds is 2. The highest BCUT2D eigenvalue weighted by molar-refractivity contribution is 6.31. The molecule has 0 radical (unpaired) electrons. The number of hydrogen-bond donors (Lipinski definition) is 1. The molecule has 14 heavy (non-hydrogen) atoms. The third-order valence-corrected chi connectivity index (χ3v) is 3.19. The van der Waals surface area contributed by atoms with Gasteiger partial charge in [0.1, 0.15) is 6.29 Å². The zero-order valence-corrected chi connectivity index (χ0v) is 8.77. The van der Waals surface area contributed by atoms with E-state index in [9.17, 15) is 4.79 Å². The van der Waals surface area contributed by atoms with Crippen molar-refractivity contribution in [3.8, 4) is 0 Å². The summed E-state index contributed by atoms with van der Waals surface area (Å²) < 4.78 is 0. The molecule has 0 aromatic heterocycles. The molecule has 1 heterocycles. The number of carbonyl (C=O) groups excluding carboxylic acids is 1. The van der Waals surface area contributed by atoms with Gasteiger partial charge in [0.25, 0.3) is 0 Å². The second-order valence-corrected chi connectivity index (χ2v) is 4.02. The van der Waals surface area contributed by atoms with Crippen LogP contribution < -0.4 is 5.32 Å². The predicted molar refractivity (Wildman–Crippen MR) is 58.1 cm³/mol. The Bertz CT molecular complexity index is 376. The number of anilines is 1. The van der Waals surface area contributed by atoms with E-state index in [4.69, 9.17) is 11.6 Å². The Morgan fingerprint density at radius 1 is 1.64 bits per heavy atom. The van der Waals surface area contributed by atoms with Gasteiger partial charge in [-0.2, -0.15) is 0 Å². The number of nitrogens with one attached hydrogen (secondary N) is 1. The summed E-state index contributed by atoms with van der Waals surface area (Å²) in [5.41, 5.74) is 3.42. The number of halogens is 1. The Hall–Kier alpha value is -1.02. The van der Waals surface area contributed by atoms with E-state index >= 15 is 0 Å². The summed E-state index contributed by atoms with van der Waals surface area (Å²) in [4.78, 5) is 10.5. The normalized spacial score (nSPS) is 18.9. The summed E-state index contributed by atoms with van der Waals surface area (Å²) in [6.45, 7) is 2.84. The molecule has 1 N–H and O–H groups in total. The van der Waals surface area contributed by atoms with E-state index in [-0.39, 0.29) is 0 Å². The van der Waals surface area contributed by atoms with Gasteiger partial charge >= 0.3 is 0 Å². The lowest BCUT2D eigenvalue weighted by Crippen LogP contribution is -2.01. The third-order valence-electron chi connectivity index (χ3n) is 2.78. The first-order valence-corrected chi connectivity index (χ1v) is 5.08. The maximum Gasteiger partial charge on any atom is 0.120 e. The van der Waals surface area contributed by atoms with Crippen LogP contribution in [0.4, 0.5) is 5.69 Å². The molecule has 74 valence electrons. The smallest absolute Gasteiger partial charge is 0.120 e. The molecule has 2 rings (SSSR count). The summed E-state index contributed by atoms with van der Waals surface area (Å²) in [5.74, 6) is 0.318. The predicted octanol–water partition coefficient (Wildman–Crippen LogP) is 2.75. The quantitative estimate of drug-likeness (QED) is 0.759. The van der Waals surface area contributed by atoms with Crippen LogP contribution >= 0.6 is 11.6 Å². The minimum Gasteiger partial charge on any atom is -0.384 e. The topological polar surface area (TPSA) is 29.1 Å². The van der Waals surface area contributed by atoms with Crippen molar-refractivity contribution in [1.82, 2.24) is 0 Å². The number of hydrogen-bond acceptors (Lipinski definition) is 2. The number of fused-ring (bicyclic) bond motifs is 1. The van der Waals surface area contributed by atoms with E-state index in [0.717, 1.165) is 29.1 Å². The van der Waals surface area contributed by atoms with Crippen LogP contribution in [0.1, 0.15) is 23.5 Å². The van der Waals surface area contributed by atoms with Gasteiger partial charge in [0.15, 0.2) is 0 Å². The molecule has 1 atom stereocenters. The maximum absolute atomic E-state index is 10.5. The van der Waals surface area contributed by atoms with Gasteiger partial charge in [-0.1, -0.05) is 17.7 Å². The lowest BCUT2D eigenvalue weighted by atomic mass is 9.97. The molecule has 0 bridgehead atoms. The fourth-order valence-electron chi connectivity index (χ4n) is 1.94. The van der Waals surface area contributed by atoms with Crippen LogP contribution in [-0.4, -0.2) is 12.8 Å². The summed E-state index contributed by atoms with van der Waals surface area (Å²) in [6.07, 6.45) is 1.56. The highest BCUT2D eigenvalue weighted by atomic mass is 35.5. The Labute approximate surface area is 88.3 Å². The van der Waals surface area contributed by atoms with Crippen molar-refractivity contribution in [2.45, 2.75) is 19.3 Å². The van der Waals surface area contributed by atoms with Gasteiger partial charge in [-0.05, 0) is 24.1 Å². The molecule has 2 nitrogen and oxygen atoms in total. The fraction of sp³-hybridized carbons (Fsp3) is 0.364. The molecule has 0 spiro atoms. The fourth-order valence-corrected chi connectivity index (χ4v) is 2.10. The van der Waals surface area contributed by atoms with Crippen LogP contribution in [0, 0.1) is 6.92 Å². The molecule has 1 aromatic carbocycles. The van der Waals surface area contributed by atoms with Gasteiger partial charge in [0.2, 0.25) is 0 Å². The Kier molecular flexibility index (Phi) is 2.46. The molecule has 1 aliphatic rings. The van der Waals surface area contributed by atoms with Crippen LogP contribution in [-0.2, 0) is 4.79 Å². The summed E-state index contributed by atoms with van der Waals surface area (Å²) >= 11 is 6.01. The average molecular weight is 210 g/mol. The molecule has 3 heteroatoms. The number of aldehydes is 1. The van der Waals surface area contributed by atoms with Crippen molar-refractivity contribution in [2.24, 2.45) is 0 Å². The van der Waals surface area contributed by atoms with Crippen LogP contribution in [0.15, 0.2) is 12.1 Å². The zero-order valence-electron chi connectivity index (χ0n) is 8.01. The van der Waals surface area contributed by atoms with Gasteiger partial charge < -0.3 is 10.1 Å². The molecule has 0 amide bonds. The van der Waals surface area contributed by atoms with E-state index < -0.39 is 0 Å². The standard InChI is InChI=1S/C11H12ClNO/c1-7-10(12)3-2-9-8(4-5-14)6-13-11(7)9/h2-3,5,8,13H,4,6H2,1H3. The highest BCUT2D eigenvalue weighted by Gasteiger charge is 2.23. The maximum atomic E-state index is 10.5. The third kappa shape index (κ3) is 1.40. The Balaban J connectivity index is 2.42. The van der Waals surface area contributed by atoms with Crippen molar-refractivity contribution >= 4 is 23.6 Å². The monoisotopic (exact) mass is 209 g/mol. The molecule has 0 aliphatic carbocycles. The summed E-state index contributed by atoms with van der Waals surface area (Å²) in [7, 11) is 0. The molecule has 1 aliphatic heterocycles. The molecular weight excluding hydrogens is 198 g/mol. The van der Waals surface area contributed by atoms with Crippen LogP contribution in [0.25, 0.3) is 0 Å². The molecule has 1 aromatic rings.